The lowest BCUT2D eigenvalue weighted by Crippen LogP contribution is -2.04. The molecule has 0 aliphatic carbocycles. The van der Waals surface area contributed by atoms with E-state index in [4.69, 9.17) is 4.98 Å². The molecular weight excluding hydrogens is 280 g/mol. The van der Waals surface area contributed by atoms with Gasteiger partial charge in [0, 0.05) is 12.1 Å². The predicted octanol–water partition coefficient (Wildman–Crippen LogP) is 5.32. The van der Waals surface area contributed by atoms with Crippen LogP contribution in [0.2, 0.25) is 0 Å². The topological polar surface area (TPSA) is 24.9 Å². The van der Waals surface area contributed by atoms with E-state index in [0.717, 1.165) is 22.6 Å². The molecule has 23 heavy (non-hydrogen) atoms. The van der Waals surface area contributed by atoms with E-state index >= 15 is 0 Å². The lowest BCUT2D eigenvalue weighted by molar-refractivity contribution is 1.20. The van der Waals surface area contributed by atoms with Crippen LogP contribution < -0.4 is 5.32 Å². The maximum atomic E-state index is 4.81. The van der Waals surface area contributed by atoms with Crippen LogP contribution in [0.25, 0.3) is 22.4 Å². The molecule has 0 aliphatic rings. The molecule has 2 nitrogen and oxygen atoms in total. The number of nitrogens with one attached hydrogen (secondary N) is 1. The molecule has 0 saturated carbocycles. The summed E-state index contributed by atoms with van der Waals surface area (Å²) in [5.74, 6) is 0.908. The van der Waals surface area contributed by atoms with Crippen molar-refractivity contribution in [3.05, 3.63) is 84.9 Å². The molecular formula is C21H20N2. The van der Waals surface area contributed by atoms with E-state index in [1.807, 2.05) is 30.3 Å². The molecule has 0 radical (unpaired) electrons. The monoisotopic (exact) mass is 300 g/mol. The molecule has 0 amide bonds. The Bertz CT molecular complexity index is 793. The molecule has 0 atom stereocenters. The van der Waals surface area contributed by atoms with E-state index < -0.39 is 0 Å². The van der Waals surface area contributed by atoms with Crippen molar-refractivity contribution in [2.45, 2.75) is 6.92 Å². The highest BCUT2D eigenvalue weighted by Gasteiger charge is 2.11. The van der Waals surface area contributed by atoms with Crippen molar-refractivity contribution in [2.24, 2.45) is 0 Å². The summed E-state index contributed by atoms with van der Waals surface area (Å²) >= 11 is 0. The Balaban J connectivity index is 2.16. The molecule has 0 bridgehead atoms. The second-order valence-electron chi connectivity index (χ2n) is 5.43. The minimum atomic E-state index is 0.695. The zero-order chi connectivity index (χ0) is 16.1. The van der Waals surface area contributed by atoms with E-state index in [9.17, 15) is 0 Å². The van der Waals surface area contributed by atoms with E-state index in [0.29, 0.717) is 6.54 Å². The van der Waals surface area contributed by atoms with Gasteiger partial charge in [-0.25, -0.2) is 4.98 Å². The van der Waals surface area contributed by atoms with Gasteiger partial charge in [0.15, 0.2) is 0 Å². The first-order valence-electron chi connectivity index (χ1n) is 7.77. The highest BCUT2D eigenvalue weighted by molar-refractivity contribution is 5.77. The maximum absolute atomic E-state index is 4.81. The Labute approximate surface area is 137 Å². The first kappa shape index (κ1) is 15.0. The first-order chi connectivity index (χ1) is 11.3. The van der Waals surface area contributed by atoms with Gasteiger partial charge >= 0.3 is 0 Å². The van der Waals surface area contributed by atoms with Crippen molar-refractivity contribution in [3.8, 4) is 22.4 Å². The van der Waals surface area contributed by atoms with Crippen LogP contribution in [0.1, 0.15) is 5.56 Å². The smallest absolute Gasteiger partial charge is 0.130 e. The second kappa shape index (κ2) is 6.93. The Hall–Kier alpha value is -2.87. The van der Waals surface area contributed by atoms with Crippen LogP contribution in [-0.4, -0.2) is 11.5 Å². The summed E-state index contributed by atoms with van der Waals surface area (Å²) in [4.78, 5) is 4.81. The van der Waals surface area contributed by atoms with Gasteiger partial charge in [-0.2, -0.15) is 0 Å². The fourth-order valence-corrected chi connectivity index (χ4v) is 2.62. The van der Waals surface area contributed by atoms with Crippen LogP contribution in [0.15, 0.2) is 79.4 Å². The van der Waals surface area contributed by atoms with E-state index in [2.05, 4.69) is 61.3 Å². The molecule has 0 fully saturated rings. The quantitative estimate of drug-likeness (QED) is 0.645. The lowest BCUT2D eigenvalue weighted by Gasteiger charge is -2.15. The third-order valence-electron chi connectivity index (χ3n) is 3.84. The molecule has 1 aromatic heterocycles. The number of hydrogen-bond donors (Lipinski definition) is 1. The summed E-state index contributed by atoms with van der Waals surface area (Å²) in [5.41, 5.74) is 5.64. The molecule has 3 rings (SSSR count). The van der Waals surface area contributed by atoms with Gasteiger partial charge in [-0.3, -0.25) is 0 Å². The molecule has 2 aromatic carbocycles. The summed E-state index contributed by atoms with van der Waals surface area (Å²) in [7, 11) is 0. The number of rotatable bonds is 5. The zero-order valence-corrected chi connectivity index (χ0v) is 13.3. The molecule has 0 unspecified atom stereocenters. The molecule has 3 aromatic rings. The molecule has 114 valence electrons. The highest BCUT2D eigenvalue weighted by atomic mass is 15.0. The minimum Gasteiger partial charge on any atom is -0.366 e. The van der Waals surface area contributed by atoms with Crippen molar-refractivity contribution in [3.63, 3.8) is 0 Å². The average molecular weight is 300 g/mol. The number of nitrogens with zero attached hydrogens (tertiary/aromatic N) is 1. The highest BCUT2D eigenvalue weighted by Crippen LogP contribution is 2.31. The number of benzene rings is 2. The van der Waals surface area contributed by atoms with Crippen molar-refractivity contribution in [1.82, 2.24) is 4.98 Å². The van der Waals surface area contributed by atoms with Crippen LogP contribution in [0, 0.1) is 6.92 Å². The predicted molar refractivity (Wildman–Crippen MR) is 98.5 cm³/mol. The van der Waals surface area contributed by atoms with Crippen LogP contribution in [0.4, 0.5) is 5.82 Å². The third kappa shape index (κ3) is 3.32. The number of hydrogen-bond acceptors (Lipinski definition) is 2. The van der Waals surface area contributed by atoms with Crippen molar-refractivity contribution in [1.29, 1.82) is 0 Å². The number of anilines is 1. The molecule has 0 saturated heterocycles. The van der Waals surface area contributed by atoms with E-state index in [-0.39, 0.29) is 0 Å². The molecule has 1 N–H and O–H groups in total. The van der Waals surface area contributed by atoms with Gasteiger partial charge in [0.25, 0.3) is 0 Å². The standard InChI is InChI=1S/C21H20N2/c1-3-14-22-21-16(2)19(17-10-6-4-7-11-17)15-20(23-21)18-12-8-5-9-13-18/h3-13,15H,1,14H2,2H3,(H,22,23). The van der Waals surface area contributed by atoms with Gasteiger partial charge in [0.2, 0.25) is 0 Å². The Morgan fingerprint density at radius 1 is 0.957 bits per heavy atom. The summed E-state index contributed by atoms with van der Waals surface area (Å²) in [5, 5.41) is 3.35. The lowest BCUT2D eigenvalue weighted by atomic mass is 9.98. The maximum Gasteiger partial charge on any atom is 0.130 e. The average Bonchev–Trinajstić information content (AvgIpc) is 2.62. The van der Waals surface area contributed by atoms with Crippen molar-refractivity contribution in [2.75, 3.05) is 11.9 Å². The van der Waals surface area contributed by atoms with Crippen LogP contribution in [-0.2, 0) is 0 Å². The molecule has 2 heteroatoms. The molecule has 0 aliphatic heterocycles. The first-order valence-corrected chi connectivity index (χ1v) is 7.77. The number of aromatic nitrogens is 1. The van der Waals surface area contributed by atoms with Gasteiger partial charge in [-0.05, 0) is 29.7 Å². The Kier molecular flexibility index (Phi) is 4.53. The molecule has 1 heterocycles. The van der Waals surface area contributed by atoms with E-state index in [1.54, 1.807) is 0 Å². The normalized spacial score (nSPS) is 10.3. The van der Waals surface area contributed by atoms with E-state index in [1.165, 1.54) is 11.1 Å². The van der Waals surface area contributed by atoms with Gasteiger partial charge in [-0.1, -0.05) is 66.7 Å². The van der Waals surface area contributed by atoms with Gasteiger partial charge in [0.05, 0.1) is 5.69 Å². The van der Waals surface area contributed by atoms with Gasteiger partial charge in [0.1, 0.15) is 5.82 Å². The fourth-order valence-electron chi connectivity index (χ4n) is 2.62. The minimum absolute atomic E-state index is 0.695. The summed E-state index contributed by atoms with van der Waals surface area (Å²) < 4.78 is 0. The van der Waals surface area contributed by atoms with Gasteiger partial charge < -0.3 is 5.32 Å². The van der Waals surface area contributed by atoms with Gasteiger partial charge in [-0.15, -0.1) is 6.58 Å². The summed E-state index contributed by atoms with van der Waals surface area (Å²) in [6, 6.07) is 22.9. The molecule has 0 spiro atoms. The van der Waals surface area contributed by atoms with Crippen molar-refractivity contribution < 1.29 is 0 Å². The Morgan fingerprint density at radius 3 is 2.17 bits per heavy atom. The third-order valence-corrected chi connectivity index (χ3v) is 3.84. The fraction of sp³-hybridized carbons (Fsp3) is 0.0952. The number of pyridine rings is 1. The Morgan fingerprint density at radius 2 is 1.57 bits per heavy atom. The zero-order valence-electron chi connectivity index (χ0n) is 13.3. The largest absolute Gasteiger partial charge is 0.366 e. The second-order valence-corrected chi connectivity index (χ2v) is 5.43. The van der Waals surface area contributed by atoms with Crippen LogP contribution in [0.5, 0.6) is 0 Å². The van der Waals surface area contributed by atoms with Crippen molar-refractivity contribution >= 4 is 5.82 Å². The van der Waals surface area contributed by atoms with Crippen LogP contribution in [0.3, 0.4) is 0 Å². The van der Waals surface area contributed by atoms with Crippen LogP contribution >= 0.6 is 0 Å². The summed E-state index contributed by atoms with van der Waals surface area (Å²) in [6.07, 6.45) is 1.85. The summed E-state index contributed by atoms with van der Waals surface area (Å²) in [6.45, 7) is 6.58. The SMILES string of the molecule is C=CCNc1nc(-c2ccccc2)cc(-c2ccccc2)c1C.